The van der Waals surface area contributed by atoms with Gasteiger partial charge in [-0.2, -0.15) is 0 Å². The number of hydrogen-bond donors (Lipinski definition) is 0. The van der Waals surface area contributed by atoms with E-state index in [1.165, 1.54) is 11.1 Å². The van der Waals surface area contributed by atoms with Gasteiger partial charge in [-0.1, -0.05) is 18.2 Å². The van der Waals surface area contributed by atoms with Crippen molar-refractivity contribution in [2.45, 2.75) is 19.8 Å². The minimum absolute atomic E-state index is 0.477. The summed E-state index contributed by atoms with van der Waals surface area (Å²) in [5.41, 5.74) is 3.56. The van der Waals surface area contributed by atoms with Crippen LogP contribution in [0.25, 0.3) is 0 Å². The van der Waals surface area contributed by atoms with Crippen molar-refractivity contribution < 1.29 is 9.47 Å². The van der Waals surface area contributed by atoms with E-state index in [0.29, 0.717) is 5.92 Å². The average Bonchev–Trinajstić information content (AvgIpc) is 2.49. The van der Waals surface area contributed by atoms with E-state index in [9.17, 15) is 0 Å². The van der Waals surface area contributed by atoms with Crippen LogP contribution >= 0.6 is 0 Å². The standard InChI is InChI=1S/C17H19NO2/c1-12-6-7-15(18-10-12)9-13-8-14-4-3-5-16(19-2)17(14)20-11-13/h3-7,10,13H,8-9,11H2,1-2H3. The van der Waals surface area contributed by atoms with E-state index in [2.05, 4.69) is 30.1 Å². The zero-order chi connectivity index (χ0) is 13.9. The topological polar surface area (TPSA) is 31.4 Å². The molecule has 0 amide bonds. The van der Waals surface area contributed by atoms with Crippen LogP contribution in [0.4, 0.5) is 0 Å². The third-order valence-corrected chi connectivity index (χ3v) is 3.72. The molecule has 3 rings (SSSR count). The number of methoxy groups -OCH3 is 1. The largest absolute Gasteiger partial charge is 0.493 e. The Morgan fingerprint density at radius 1 is 1.30 bits per heavy atom. The fraction of sp³-hybridized carbons (Fsp3) is 0.353. The van der Waals surface area contributed by atoms with E-state index in [4.69, 9.17) is 9.47 Å². The van der Waals surface area contributed by atoms with Crippen molar-refractivity contribution in [1.29, 1.82) is 0 Å². The maximum Gasteiger partial charge on any atom is 0.164 e. The lowest BCUT2D eigenvalue weighted by Gasteiger charge is -2.26. The van der Waals surface area contributed by atoms with Crippen molar-refractivity contribution in [3.63, 3.8) is 0 Å². The first-order valence-electron chi connectivity index (χ1n) is 6.96. The number of benzene rings is 1. The Kier molecular flexibility index (Phi) is 3.59. The highest BCUT2D eigenvalue weighted by Gasteiger charge is 2.23. The summed E-state index contributed by atoms with van der Waals surface area (Å²) in [5.74, 6) is 2.21. The van der Waals surface area contributed by atoms with Crippen LogP contribution in [0.3, 0.4) is 0 Å². The van der Waals surface area contributed by atoms with Gasteiger partial charge in [0.15, 0.2) is 11.5 Å². The van der Waals surface area contributed by atoms with Crippen LogP contribution in [0.15, 0.2) is 36.5 Å². The summed E-state index contributed by atoms with van der Waals surface area (Å²) in [6.45, 7) is 2.78. The number of para-hydroxylation sites is 1. The molecule has 104 valence electrons. The van der Waals surface area contributed by atoms with Crippen molar-refractivity contribution >= 4 is 0 Å². The molecule has 0 radical (unpaired) electrons. The lowest BCUT2D eigenvalue weighted by molar-refractivity contribution is 0.210. The average molecular weight is 269 g/mol. The van der Waals surface area contributed by atoms with Crippen LogP contribution in [0.5, 0.6) is 11.5 Å². The quantitative estimate of drug-likeness (QED) is 0.857. The number of hydrogen-bond acceptors (Lipinski definition) is 3. The van der Waals surface area contributed by atoms with Gasteiger partial charge in [0.25, 0.3) is 0 Å². The molecule has 3 nitrogen and oxygen atoms in total. The van der Waals surface area contributed by atoms with E-state index in [1.54, 1.807) is 7.11 Å². The molecule has 1 unspecified atom stereocenters. The number of nitrogens with zero attached hydrogens (tertiary/aromatic N) is 1. The third-order valence-electron chi connectivity index (χ3n) is 3.72. The van der Waals surface area contributed by atoms with Crippen LogP contribution in [0, 0.1) is 12.8 Å². The summed E-state index contributed by atoms with van der Waals surface area (Å²) in [7, 11) is 1.68. The van der Waals surface area contributed by atoms with E-state index in [-0.39, 0.29) is 0 Å². The number of pyridine rings is 1. The highest BCUT2D eigenvalue weighted by molar-refractivity contribution is 5.47. The zero-order valence-corrected chi connectivity index (χ0v) is 11.9. The molecule has 0 N–H and O–H groups in total. The molecule has 2 aromatic rings. The minimum Gasteiger partial charge on any atom is -0.493 e. The predicted molar refractivity (Wildman–Crippen MR) is 78.4 cm³/mol. The third kappa shape index (κ3) is 2.62. The van der Waals surface area contributed by atoms with Gasteiger partial charge >= 0.3 is 0 Å². The number of aryl methyl sites for hydroxylation is 1. The molecule has 1 aromatic carbocycles. The molecule has 0 saturated carbocycles. The molecule has 1 aliphatic heterocycles. The van der Waals surface area contributed by atoms with Crippen molar-refractivity contribution in [3.8, 4) is 11.5 Å². The van der Waals surface area contributed by atoms with Crippen LogP contribution in [0.2, 0.25) is 0 Å². The molecule has 1 aromatic heterocycles. The van der Waals surface area contributed by atoms with Crippen LogP contribution in [0.1, 0.15) is 16.8 Å². The maximum atomic E-state index is 5.90. The summed E-state index contributed by atoms with van der Waals surface area (Å²) in [5, 5.41) is 0. The molecule has 0 saturated heterocycles. The molecular weight excluding hydrogens is 250 g/mol. The number of rotatable bonds is 3. The summed E-state index contributed by atoms with van der Waals surface area (Å²) >= 11 is 0. The van der Waals surface area contributed by atoms with Gasteiger partial charge in [-0.15, -0.1) is 0 Å². The van der Waals surface area contributed by atoms with E-state index in [0.717, 1.165) is 36.6 Å². The molecule has 0 spiro atoms. The van der Waals surface area contributed by atoms with Gasteiger partial charge in [0, 0.05) is 17.8 Å². The molecule has 0 fully saturated rings. The monoisotopic (exact) mass is 269 g/mol. The molecule has 0 bridgehead atoms. The first-order chi connectivity index (χ1) is 9.76. The predicted octanol–water partition coefficient (Wildman–Crippen LogP) is 3.19. The van der Waals surface area contributed by atoms with E-state index < -0.39 is 0 Å². The van der Waals surface area contributed by atoms with Crippen molar-refractivity contribution in [1.82, 2.24) is 4.98 Å². The van der Waals surface area contributed by atoms with Gasteiger partial charge < -0.3 is 9.47 Å². The SMILES string of the molecule is COc1cccc2c1OCC(Cc1ccc(C)cn1)C2. The summed E-state index contributed by atoms with van der Waals surface area (Å²) in [6, 6.07) is 10.3. The number of ether oxygens (including phenoxy) is 2. The van der Waals surface area contributed by atoms with Gasteiger partial charge in [-0.05, 0) is 43.0 Å². The van der Waals surface area contributed by atoms with Crippen molar-refractivity contribution in [3.05, 3.63) is 53.3 Å². The molecule has 3 heteroatoms. The van der Waals surface area contributed by atoms with Gasteiger partial charge in [0.05, 0.1) is 13.7 Å². The van der Waals surface area contributed by atoms with Gasteiger partial charge in [-0.3, -0.25) is 4.98 Å². The first-order valence-corrected chi connectivity index (χ1v) is 6.96. The van der Waals surface area contributed by atoms with Gasteiger partial charge in [0.2, 0.25) is 0 Å². The molecule has 20 heavy (non-hydrogen) atoms. The normalized spacial score (nSPS) is 17.2. The molecule has 1 atom stereocenters. The van der Waals surface area contributed by atoms with Crippen molar-refractivity contribution in [2.75, 3.05) is 13.7 Å². The fourth-order valence-electron chi connectivity index (χ4n) is 2.66. The molecule has 0 aliphatic carbocycles. The van der Waals surface area contributed by atoms with Gasteiger partial charge in [0.1, 0.15) is 0 Å². The number of aromatic nitrogens is 1. The lowest BCUT2D eigenvalue weighted by Crippen LogP contribution is -2.23. The molecule has 1 aliphatic rings. The second-order valence-electron chi connectivity index (χ2n) is 5.36. The Bertz CT molecular complexity index is 592. The van der Waals surface area contributed by atoms with Crippen LogP contribution in [-0.2, 0) is 12.8 Å². The molecular formula is C17H19NO2. The van der Waals surface area contributed by atoms with Crippen molar-refractivity contribution in [2.24, 2.45) is 5.92 Å². The highest BCUT2D eigenvalue weighted by Crippen LogP contribution is 2.36. The fourth-order valence-corrected chi connectivity index (χ4v) is 2.66. The van der Waals surface area contributed by atoms with E-state index >= 15 is 0 Å². The first kappa shape index (κ1) is 13.0. The lowest BCUT2D eigenvalue weighted by atomic mass is 9.92. The second-order valence-corrected chi connectivity index (χ2v) is 5.36. The Hall–Kier alpha value is -2.03. The maximum absolute atomic E-state index is 5.90. The number of fused-ring (bicyclic) bond motifs is 1. The highest BCUT2D eigenvalue weighted by atomic mass is 16.5. The summed E-state index contributed by atoms with van der Waals surface area (Å²) < 4.78 is 11.2. The second kappa shape index (κ2) is 5.53. The molecule has 2 heterocycles. The summed E-state index contributed by atoms with van der Waals surface area (Å²) in [4.78, 5) is 4.48. The Morgan fingerprint density at radius 2 is 2.20 bits per heavy atom. The summed E-state index contributed by atoms with van der Waals surface area (Å²) in [6.07, 6.45) is 3.90. The van der Waals surface area contributed by atoms with E-state index in [1.807, 2.05) is 18.3 Å². The van der Waals surface area contributed by atoms with Crippen LogP contribution < -0.4 is 9.47 Å². The smallest absolute Gasteiger partial charge is 0.164 e. The van der Waals surface area contributed by atoms with Gasteiger partial charge in [-0.25, -0.2) is 0 Å². The zero-order valence-electron chi connectivity index (χ0n) is 11.9. The Labute approximate surface area is 119 Å². The Balaban J connectivity index is 1.74. The Morgan fingerprint density at radius 3 is 2.95 bits per heavy atom. The van der Waals surface area contributed by atoms with Crippen LogP contribution in [-0.4, -0.2) is 18.7 Å². The minimum atomic E-state index is 0.477.